The van der Waals surface area contributed by atoms with Gasteiger partial charge in [0.2, 0.25) is 0 Å². The molecule has 9 nitrogen and oxygen atoms in total. The maximum absolute atomic E-state index is 13.0. The van der Waals surface area contributed by atoms with Crippen molar-refractivity contribution < 1.29 is 42.9 Å². The topological polar surface area (TPSA) is 108 Å². The smallest absolute Gasteiger partial charge is 0.361 e. The molecule has 9 heteroatoms. The van der Waals surface area contributed by atoms with E-state index < -0.39 is 24.3 Å². The summed E-state index contributed by atoms with van der Waals surface area (Å²) in [6.07, 6.45) is 108. The average molecular weight is 1290 g/mol. The number of quaternary nitrogens is 1. The number of hydrogen-bond acceptors (Lipinski definition) is 7. The number of ether oxygens (including phenoxy) is 4. The SMILES string of the molecule is CC/C=C\C/C=C\C/C=C\C/C=C\C/C=C\C/C=C\C/C=C\C/C=C\C/C=C\C/C=C\CCCCCCCCCCCCC(=O)OC(COC(=O)CCCCCCCCCC/C=C\C/C=C\C/C=C\C/C=C\C/C=C\C/C=C\CC)COC(OCC[N+](C)(C)C)C(=O)O. The summed E-state index contributed by atoms with van der Waals surface area (Å²) in [4.78, 5) is 37.7. The van der Waals surface area contributed by atoms with E-state index in [1.165, 1.54) is 64.2 Å². The maximum atomic E-state index is 13.0. The molecule has 0 heterocycles. The van der Waals surface area contributed by atoms with Gasteiger partial charge >= 0.3 is 17.9 Å². The number of aliphatic carboxylic acids is 1. The van der Waals surface area contributed by atoms with Gasteiger partial charge in [-0.2, -0.15) is 0 Å². The second kappa shape index (κ2) is 72.0. The number of carbonyl (C=O) groups excluding carboxylic acids is 2. The van der Waals surface area contributed by atoms with Gasteiger partial charge in [-0.3, -0.25) is 9.59 Å². The van der Waals surface area contributed by atoms with Crippen LogP contribution >= 0.6 is 0 Å². The Labute approximate surface area is 570 Å². The third-order valence-corrected chi connectivity index (χ3v) is 14.8. The van der Waals surface area contributed by atoms with E-state index in [9.17, 15) is 19.5 Å². The second-order valence-corrected chi connectivity index (χ2v) is 24.8. The Morgan fingerprint density at radius 3 is 0.860 bits per heavy atom. The summed E-state index contributed by atoms with van der Waals surface area (Å²) in [5.41, 5.74) is 0. The second-order valence-electron chi connectivity index (χ2n) is 24.8. The van der Waals surface area contributed by atoms with Crippen LogP contribution in [0, 0.1) is 0 Å². The molecule has 0 radical (unpaired) electrons. The molecule has 2 unspecified atom stereocenters. The van der Waals surface area contributed by atoms with Crippen LogP contribution in [0.5, 0.6) is 0 Å². The quantitative estimate of drug-likeness (QED) is 0.0211. The number of nitrogens with zero attached hydrogens (tertiary/aromatic N) is 1. The van der Waals surface area contributed by atoms with E-state index in [1.807, 2.05) is 21.1 Å². The van der Waals surface area contributed by atoms with Crippen molar-refractivity contribution in [3.63, 3.8) is 0 Å². The van der Waals surface area contributed by atoms with Crippen molar-refractivity contribution in [1.82, 2.24) is 0 Å². The van der Waals surface area contributed by atoms with Crippen LogP contribution in [0.3, 0.4) is 0 Å². The highest BCUT2D eigenvalue weighted by atomic mass is 16.7. The van der Waals surface area contributed by atoms with Gasteiger partial charge in [0.15, 0.2) is 6.10 Å². The fourth-order valence-electron chi connectivity index (χ4n) is 9.34. The number of esters is 2. The molecule has 0 saturated carbocycles. The molecule has 0 aliphatic rings. The number of carboxylic acids is 1. The first-order valence-electron chi connectivity index (χ1n) is 36.6. The molecular formula is C84H134NO8+. The molecule has 0 aliphatic carbocycles. The van der Waals surface area contributed by atoms with Crippen molar-refractivity contribution >= 4 is 17.9 Å². The highest BCUT2D eigenvalue weighted by Gasteiger charge is 2.25. The zero-order chi connectivity index (χ0) is 67.5. The number of carbonyl (C=O) groups is 3. The van der Waals surface area contributed by atoms with Gasteiger partial charge in [0.25, 0.3) is 6.29 Å². The maximum Gasteiger partial charge on any atom is 0.361 e. The molecule has 0 aromatic heterocycles. The Balaban J connectivity index is 4.18. The van der Waals surface area contributed by atoms with Crippen molar-refractivity contribution in [2.45, 2.75) is 270 Å². The minimum atomic E-state index is -1.53. The van der Waals surface area contributed by atoms with Crippen molar-refractivity contribution in [1.29, 1.82) is 0 Å². The van der Waals surface area contributed by atoms with E-state index in [-0.39, 0.29) is 38.6 Å². The number of hydrogen-bond donors (Lipinski definition) is 1. The predicted molar refractivity (Wildman–Crippen MR) is 400 cm³/mol. The summed E-state index contributed by atoms with van der Waals surface area (Å²) in [6.45, 7) is 4.62. The first-order valence-corrected chi connectivity index (χ1v) is 36.6. The van der Waals surface area contributed by atoms with Gasteiger partial charge in [0, 0.05) is 12.8 Å². The van der Waals surface area contributed by atoms with Gasteiger partial charge in [-0.05, 0) is 141 Å². The molecule has 0 saturated heterocycles. The number of allylic oxidation sites excluding steroid dienone is 32. The number of rotatable bonds is 65. The van der Waals surface area contributed by atoms with Crippen LogP contribution in [0.2, 0.25) is 0 Å². The summed E-state index contributed by atoms with van der Waals surface area (Å²) in [6, 6.07) is 0. The van der Waals surface area contributed by atoms with Crippen molar-refractivity contribution in [2.75, 3.05) is 47.5 Å². The molecule has 0 rings (SSSR count). The van der Waals surface area contributed by atoms with Gasteiger partial charge in [0.1, 0.15) is 13.2 Å². The highest BCUT2D eigenvalue weighted by molar-refractivity contribution is 5.71. The van der Waals surface area contributed by atoms with E-state index in [0.717, 1.165) is 161 Å². The van der Waals surface area contributed by atoms with Crippen molar-refractivity contribution in [2.24, 2.45) is 0 Å². The van der Waals surface area contributed by atoms with E-state index in [0.29, 0.717) is 17.4 Å². The average Bonchev–Trinajstić information content (AvgIpc) is 3.38. The Hall–Kier alpha value is -5.87. The van der Waals surface area contributed by atoms with Crippen molar-refractivity contribution in [3.05, 3.63) is 194 Å². The van der Waals surface area contributed by atoms with Gasteiger partial charge < -0.3 is 28.5 Å². The van der Waals surface area contributed by atoms with E-state index in [2.05, 4.69) is 208 Å². The molecular weight excluding hydrogens is 1150 g/mol. The van der Waals surface area contributed by atoms with Gasteiger partial charge in [0.05, 0.1) is 34.4 Å². The normalized spacial score (nSPS) is 13.9. The summed E-state index contributed by atoms with van der Waals surface area (Å²) < 4.78 is 23.0. The summed E-state index contributed by atoms with van der Waals surface area (Å²) in [5.74, 6) is -2.04. The van der Waals surface area contributed by atoms with Gasteiger partial charge in [-0.1, -0.05) is 298 Å². The van der Waals surface area contributed by atoms with E-state index >= 15 is 0 Å². The molecule has 522 valence electrons. The van der Waals surface area contributed by atoms with Crippen LogP contribution in [0.25, 0.3) is 0 Å². The third kappa shape index (κ3) is 73.4. The molecule has 0 aliphatic heterocycles. The minimum Gasteiger partial charge on any atom is -0.477 e. The largest absolute Gasteiger partial charge is 0.477 e. The summed E-state index contributed by atoms with van der Waals surface area (Å²) in [7, 11) is 5.96. The van der Waals surface area contributed by atoms with Crippen LogP contribution in [-0.2, 0) is 33.3 Å². The first kappa shape index (κ1) is 87.1. The van der Waals surface area contributed by atoms with Crippen LogP contribution in [-0.4, -0.2) is 87.4 Å². The lowest BCUT2D eigenvalue weighted by Gasteiger charge is -2.25. The Kier molecular flexibility index (Phi) is 67.4. The molecule has 0 spiro atoms. The molecule has 2 atom stereocenters. The standard InChI is InChI=1S/C84H133NO8/c1-6-8-10-12-14-16-18-20-22-24-26-28-30-32-34-35-36-37-38-39-40-41-42-43-44-45-46-47-49-51-53-55-57-59-61-63-65-67-69-71-73-75-82(87)93-80(79-92-84(83(88)89)90-77-76-85(3,4)5)78-91-81(86)74-72-70-68-66-64-62-60-58-56-54-52-50-48-33-31-29-27-25-23-21-19-17-15-13-11-9-7-2/h8-11,14-17,20-23,26-29,32-34,36-37,39-40,42-43,45-46,48-49,51-52,54,80,84H,6-7,12-13,18-19,24-25,30-31,35,38,41,44,47,50,53,55-79H2,1-5H3/p+1/b10-8-,11-9-,16-14-,17-15-,22-20-,23-21-,28-26-,29-27-,34-32-,37-36-,40-39-,43-42-,46-45-,48-33-,51-49-,54-52-. The highest BCUT2D eigenvalue weighted by Crippen LogP contribution is 2.15. The number of carboxylic acid groups (broad SMARTS) is 1. The molecule has 0 bridgehead atoms. The molecule has 1 N–H and O–H groups in total. The van der Waals surface area contributed by atoms with E-state index in [4.69, 9.17) is 18.9 Å². The number of likely N-dealkylation sites (N-methyl/N-ethyl adjacent to an activating group) is 1. The predicted octanol–water partition coefficient (Wildman–Crippen LogP) is 23.4. The molecule has 93 heavy (non-hydrogen) atoms. The zero-order valence-electron chi connectivity index (χ0n) is 59.6. The zero-order valence-corrected chi connectivity index (χ0v) is 59.6. The lowest BCUT2D eigenvalue weighted by atomic mass is 10.0. The lowest BCUT2D eigenvalue weighted by molar-refractivity contribution is -0.870. The minimum absolute atomic E-state index is 0.175. The molecule has 0 fully saturated rings. The summed E-state index contributed by atoms with van der Waals surface area (Å²) in [5, 5.41) is 9.76. The number of unbranched alkanes of at least 4 members (excludes halogenated alkanes) is 18. The molecule has 0 aromatic rings. The Morgan fingerprint density at radius 1 is 0.323 bits per heavy atom. The fourth-order valence-corrected chi connectivity index (χ4v) is 9.34. The third-order valence-electron chi connectivity index (χ3n) is 14.8. The fraction of sp³-hybridized carbons (Fsp3) is 0.583. The first-order chi connectivity index (χ1) is 45.6. The van der Waals surface area contributed by atoms with Crippen LogP contribution in [0.4, 0.5) is 0 Å². The lowest BCUT2D eigenvalue weighted by Crippen LogP contribution is -2.40. The summed E-state index contributed by atoms with van der Waals surface area (Å²) >= 11 is 0. The van der Waals surface area contributed by atoms with Crippen LogP contribution in [0.15, 0.2) is 194 Å². The van der Waals surface area contributed by atoms with Gasteiger partial charge in [-0.15, -0.1) is 0 Å². The monoisotopic (exact) mass is 1290 g/mol. The van der Waals surface area contributed by atoms with Crippen LogP contribution < -0.4 is 0 Å². The molecule has 0 amide bonds. The van der Waals surface area contributed by atoms with Crippen LogP contribution in [0.1, 0.15) is 258 Å². The Bertz CT molecular complexity index is 2230. The van der Waals surface area contributed by atoms with Gasteiger partial charge in [-0.25, -0.2) is 4.79 Å². The Morgan fingerprint density at radius 2 is 0.581 bits per heavy atom. The van der Waals surface area contributed by atoms with Crippen molar-refractivity contribution in [3.8, 4) is 0 Å². The molecule has 0 aromatic carbocycles. The van der Waals surface area contributed by atoms with E-state index in [1.54, 1.807) is 0 Å².